The predicted octanol–water partition coefficient (Wildman–Crippen LogP) is 3.60. The number of anilines is 1. The third-order valence-electron chi connectivity index (χ3n) is 6.97. The van der Waals surface area contributed by atoms with Crippen LogP contribution in [-0.4, -0.2) is 42.0 Å². The van der Waals surface area contributed by atoms with Gasteiger partial charge in [-0.1, -0.05) is 0 Å². The second-order valence-corrected chi connectivity index (χ2v) is 9.34. The van der Waals surface area contributed by atoms with Crippen molar-refractivity contribution in [2.45, 2.75) is 50.8 Å². The Morgan fingerprint density at radius 2 is 1.94 bits per heavy atom. The van der Waals surface area contributed by atoms with Gasteiger partial charge in [0.1, 0.15) is 23.4 Å². The molecule has 4 aromatic rings. The molecule has 0 bridgehead atoms. The molecule has 1 aliphatic rings. The van der Waals surface area contributed by atoms with Gasteiger partial charge in [-0.2, -0.15) is 5.10 Å². The number of nitrogens with one attached hydrogen (secondary N) is 1. The Kier molecular flexibility index (Phi) is 6.36. The highest BCUT2D eigenvalue weighted by molar-refractivity contribution is 6.08. The van der Waals surface area contributed by atoms with Gasteiger partial charge in [0.15, 0.2) is 0 Å². The van der Waals surface area contributed by atoms with Crippen molar-refractivity contribution in [1.82, 2.24) is 23.9 Å². The minimum absolute atomic E-state index is 0.205. The first kappa shape index (κ1) is 23.8. The minimum Gasteiger partial charge on any atom is -0.496 e. The number of fused-ring (bicyclic) bond motifs is 1. The molecule has 1 saturated carbocycles. The number of aliphatic hydroxyl groups is 1. The fourth-order valence-corrected chi connectivity index (χ4v) is 5.04. The van der Waals surface area contributed by atoms with Crippen LogP contribution in [0.1, 0.15) is 67.0 Å². The summed E-state index contributed by atoms with van der Waals surface area (Å²) in [5.74, 6) is 0.682. The monoisotopic (exact) mass is 490 g/mol. The van der Waals surface area contributed by atoms with Crippen LogP contribution in [0, 0.1) is 0 Å². The van der Waals surface area contributed by atoms with E-state index in [4.69, 9.17) is 9.84 Å². The molecule has 188 valence electrons. The van der Waals surface area contributed by atoms with Crippen LogP contribution in [0.2, 0.25) is 0 Å². The van der Waals surface area contributed by atoms with E-state index in [0.29, 0.717) is 23.2 Å². The second-order valence-electron chi connectivity index (χ2n) is 9.34. The number of rotatable bonds is 6. The molecule has 1 aromatic carbocycles. The van der Waals surface area contributed by atoms with Crippen molar-refractivity contribution in [2.75, 3.05) is 12.4 Å². The van der Waals surface area contributed by atoms with E-state index in [-0.39, 0.29) is 17.3 Å². The topological polar surface area (TPSA) is 116 Å². The molecule has 2 N–H and O–H groups in total. The molecule has 0 radical (unpaired) electrons. The fraction of sp³-hybridized carbons (Fsp3) is 0.385. The normalized spacial score (nSPS) is 18.8. The van der Waals surface area contributed by atoms with Gasteiger partial charge in [0.05, 0.1) is 24.2 Å². The van der Waals surface area contributed by atoms with Crippen molar-refractivity contribution in [3.8, 4) is 5.75 Å². The van der Waals surface area contributed by atoms with Gasteiger partial charge >= 0.3 is 0 Å². The van der Waals surface area contributed by atoms with Crippen molar-refractivity contribution >= 4 is 22.5 Å². The van der Waals surface area contributed by atoms with E-state index < -0.39 is 12.0 Å². The number of carbonyl (C=O) groups excluding carboxylic acids is 1. The summed E-state index contributed by atoms with van der Waals surface area (Å²) in [6.45, 7) is 1.74. The van der Waals surface area contributed by atoms with Crippen LogP contribution in [-0.2, 0) is 7.05 Å². The molecule has 5 rings (SSSR count). The number of imidazole rings is 1. The van der Waals surface area contributed by atoms with Crippen molar-refractivity contribution in [1.29, 1.82) is 0 Å². The molecule has 3 aromatic heterocycles. The van der Waals surface area contributed by atoms with Gasteiger partial charge in [-0.25, -0.2) is 4.98 Å². The molecule has 1 amide bonds. The zero-order valence-corrected chi connectivity index (χ0v) is 20.6. The van der Waals surface area contributed by atoms with E-state index in [2.05, 4.69) is 14.9 Å². The third kappa shape index (κ3) is 4.39. The Labute approximate surface area is 208 Å². The van der Waals surface area contributed by atoms with Crippen molar-refractivity contribution in [3.05, 3.63) is 70.8 Å². The number of nitrogens with zero attached hydrogens (tertiary/aromatic N) is 5. The summed E-state index contributed by atoms with van der Waals surface area (Å²) in [5.41, 5.74) is 0.999. The lowest BCUT2D eigenvalue weighted by Gasteiger charge is -2.30. The number of benzene rings is 1. The first-order valence-electron chi connectivity index (χ1n) is 12.1. The number of hydrogen-bond acceptors (Lipinski definition) is 6. The number of methoxy groups -OCH3 is 1. The Balaban J connectivity index is 1.36. The molecule has 3 heterocycles. The van der Waals surface area contributed by atoms with E-state index in [1.54, 1.807) is 50.6 Å². The van der Waals surface area contributed by atoms with Gasteiger partial charge in [0, 0.05) is 49.3 Å². The summed E-state index contributed by atoms with van der Waals surface area (Å²) in [6.07, 6.45) is 10.5. The van der Waals surface area contributed by atoms with Gasteiger partial charge in [-0.05, 0) is 50.8 Å². The van der Waals surface area contributed by atoms with Gasteiger partial charge in [-0.3, -0.25) is 14.3 Å². The summed E-state index contributed by atoms with van der Waals surface area (Å²) < 4.78 is 11.0. The van der Waals surface area contributed by atoms with Crippen LogP contribution in [0.15, 0.2) is 53.8 Å². The number of amides is 1. The molecule has 10 nitrogen and oxygen atoms in total. The van der Waals surface area contributed by atoms with Crippen LogP contribution in [0.25, 0.3) is 10.9 Å². The molecule has 1 atom stereocenters. The molecule has 10 heteroatoms. The number of aromatic nitrogens is 5. The number of carbonyl (C=O) groups is 1. The number of aryl methyl sites for hydroxylation is 1. The Bertz CT molecular complexity index is 1460. The molecule has 0 spiro atoms. The lowest BCUT2D eigenvalue weighted by Crippen LogP contribution is -2.23. The average molecular weight is 491 g/mol. The lowest BCUT2D eigenvalue weighted by atomic mass is 9.91. The summed E-state index contributed by atoms with van der Waals surface area (Å²) in [6, 6.07) is 7.34. The minimum atomic E-state index is -0.597. The molecule has 0 unspecified atom stereocenters. The summed E-state index contributed by atoms with van der Waals surface area (Å²) in [7, 11) is 3.14. The summed E-state index contributed by atoms with van der Waals surface area (Å²) in [4.78, 5) is 29.7. The maximum absolute atomic E-state index is 13.0. The molecular weight excluding hydrogens is 460 g/mol. The standard InChI is InChI=1S/C26H30N6O4/c1-16(33)24-27-10-12-31(24)18-6-8-19(9-7-18)32-15-17-13-20(23(36-3)14-22(17)29-32)25(34)28-21-5-4-11-30(2)26(21)35/h4-5,10-16,18-19,33H,6-9H2,1-3H3,(H,28,34)/t16-,18?,19?/m0/s1. The quantitative estimate of drug-likeness (QED) is 0.427. The lowest BCUT2D eigenvalue weighted by molar-refractivity contribution is 0.102. The molecule has 1 fully saturated rings. The first-order chi connectivity index (χ1) is 17.4. The van der Waals surface area contributed by atoms with E-state index in [1.165, 1.54) is 11.7 Å². The van der Waals surface area contributed by atoms with Crippen molar-refractivity contribution in [3.63, 3.8) is 0 Å². The van der Waals surface area contributed by atoms with Crippen molar-refractivity contribution in [2.24, 2.45) is 7.05 Å². The predicted molar refractivity (Wildman–Crippen MR) is 135 cm³/mol. The highest BCUT2D eigenvalue weighted by atomic mass is 16.5. The van der Waals surface area contributed by atoms with Gasteiger partial charge in [0.2, 0.25) is 0 Å². The summed E-state index contributed by atoms with van der Waals surface area (Å²) >= 11 is 0. The maximum atomic E-state index is 13.0. The zero-order valence-electron chi connectivity index (χ0n) is 20.6. The fourth-order valence-electron chi connectivity index (χ4n) is 5.04. The van der Waals surface area contributed by atoms with Crippen LogP contribution >= 0.6 is 0 Å². The van der Waals surface area contributed by atoms with Crippen LogP contribution < -0.4 is 15.6 Å². The smallest absolute Gasteiger partial charge is 0.274 e. The van der Waals surface area contributed by atoms with Gasteiger partial charge in [0.25, 0.3) is 11.5 Å². The number of ether oxygens (including phenoxy) is 1. The highest BCUT2D eigenvalue weighted by Crippen LogP contribution is 2.37. The van der Waals surface area contributed by atoms with E-state index >= 15 is 0 Å². The van der Waals surface area contributed by atoms with Crippen molar-refractivity contribution < 1.29 is 14.6 Å². The second kappa shape index (κ2) is 9.62. The Morgan fingerprint density at radius 1 is 1.19 bits per heavy atom. The van der Waals surface area contributed by atoms with Crippen LogP contribution in [0.5, 0.6) is 5.75 Å². The number of hydrogen-bond donors (Lipinski definition) is 2. The number of pyridine rings is 1. The molecular formula is C26H30N6O4. The van der Waals surface area contributed by atoms with E-state index in [1.807, 2.05) is 17.1 Å². The largest absolute Gasteiger partial charge is 0.496 e. The average Bonchev–Trinajstić information content (AvgIpc) is 3.53. The zero-order chi connectivity index (χ0) is 25.4. The Hall–Kier alpha value is -3.92. The van der Waals surface area contributed by atoms with E-state index in [9.17, 15) is 14.7 Å². The molecule has 0 saturated heterocycles. The van der Waals surface area contributed by atoms with Crippen LogP contribution in [0.3, 0.4) is 0 Å². The van der Waals surface area contributed by atoms with Crippen LogP contribution in [0.4, 0.5) is 5.69 Å². The highest BCUT2D eigenvalue weighted by Gasteiger charge is 2.26. The third-order valence-corrected chi connectivity index (χ3v) is 6.97. The molecule has 1 aliphatic carbocycles. The molecule has 0 aliphatic heterocycles. The Morgan fingerprint density at radius 3 is 2.67 bits per heavy atom. The van der Waals surface area contributed by atoms with E-state index in [0.717, 1.165) is 36.6 Å². The number of aliphatic hydroxyl groups excluding tert-OH is 1. The SMILES string of the molecule is COc1cc2nn(C3CCC(n4ccnc4[C@H](C)O)CC3)cc2cc1C(=O)Nc1cccn(C)c1=O. The first-order valence-corrected chi connectivity index (χ1v) is 12.1. The summed E-state index contributed by atoms with van der Waals surface area (Å²) in [5, 5.41) is 18.3. The maximum Gasteiger partial charge on any atom is 0.274 e. The van der Waals surface area contributed by atoms with Gasteiger partial charge in [-0.15, -0.1) is 0 Å². The van der Waals surface area contributed by atoms with Gasteiger partial charge < -0.3 is 24.3 Å². The molecule has 36 heavy (non-hydrogen) atoms.